The standard InChI is InChI=1S/C19H23N5O2/c1-3-15-7-4-6-14(2)16(15)22-17(25)18(26)23-10-12-24(13-11-23)19-20-8-5-9-21-19/h4-9H,3,10-13H2,1-2H3,(H,22,25). The minimum atomic E-state index is -0.585. The number of anilines is 2. The van der Waals surface area contributed by atoms with Gasteiger partial charge in [-0.15, -0.1) is 0 Å². The van der Waals surface area contributed by atoms with Gasteiger partial charge < -0.3 is 15.1 Å². The molecule has 1 aliphatic rings. The molecule has 0 unspecified atom stereocenters. The van der Waals surface area contributed by atoms with Crippen LogP contribution < -0.4 is 10.2 Å². The van der Waals surface area contributed by atoms with Crippen LogP contribution in [0.5, 0.6) is 0 Å². The molecule has 3 rings (SSSR count). The van der Waals surface area contributed by atoms with Crippen molar-refractivity contribution < 1.29 is 9.59 Å². The molecule has 1 aromatic heterocycles. The molecule has 1 aromatic carbocycles. The van der Waals surface area contributed by atoms with Gasteiger partial charge in [0.2, 0.25) is 5.95 Å². The SMILES string of the molecule is CCc1cccc(C)c1NC(=O)C(=O)N1CCN(c2ncccn2)CC1. The molecular weight excluding hydrogens is 330 g/mol. The molecule has 7 nitrogen and oxygen atoms in total. The number of aromatic nitrogens is 2. The van der Waals surface area contributed by atoms with Crippen LogP contribution in [0.1, 0.15) is 18.1 Å². The summed E-state index contributed by atoms with van der Waals surface area (Å²) in [5, 5.41) is 2.80. The third-order valence-corrected chi connectivity index (χ3v) is 4.57. The molecule has 2 aromatic rings. The van der Waals surface area contributed by atoms with Gasteiger partial charge in [-0.1, -0.05) is 25.1 Å². The Balaban J connectivity index is 1.61. The van der Waals surface area contributed by atoms with E-state index in [9.17, 15) is 9.59 Å². The summed E-state index contributed by atoms with van der Waals surface area (Å²) in [6.45, 7) is 6.11. The van der Waals surface area contributed by atoms with E-state index in [1.54, 1.807) is 23.4 Å². The summed E-state index contributed by atoms with van der Waals surface area (Å²) in [6, 6.07) is 7.61. The minimum Gasteiger partial charge on any atom is -0.337 e. The first-order valence-electron chi connectivity index (χ1n) is 8.81. The van der Waals surface area contributed by atoms with E-state index in [1.807, 2.05) is 36.9 Å². The van der Waals surface area contributed by atoms with Crippen molar-refractivity contribution in [3.63, 3.8) is 0 Å². The van der Waals surface area contributed by atoms with Crippen molar-refractivity contribution in [3.8, 4) is 0 Å². The second-order valence-corrected chi connectivity index (χ2v) is 6.24. The number of hydrogen-bond donors (Lipinski definition) is 1. The Bertz CT molecular complexity index is 786. The number of carbonyl (C=O) groups is 2. The fraction of sp³-hybridized carbons (Fsp3) is 0.368. The summed E-state index contributed by atoms with van der Waals surface area (Å²) >= 11 is 0. The summed E-state index contributed by atoms with van der Waals surface area (Å²) in [5.41, 5.74) is 2.72. The molecular formula is C19H23N5O2. The van der Waals surface area contributed by atoms with Crippen molar-refractivity contribution in [3.05, 3.63) is 47.8 Å². The van der Waals surface area contributed by atoms with Crippen LogP contribution in [-0.4, -0.2) is 52.9 Å². The molecule has 2 heterocycles. The van der Waals surface area contributed by atoms with Crippen molar-refractivity contribution in [2.24, 2.45) is 0 Å². The van der Waals surface area contributed by atoms with E-state index in [-0.39, 0.29) is 0 Å². The third kappa shape index (κ3) is 3.82. The van der Waals surface area contributed by atoms with Gasteiger partial charge in [0, 0.05) is 44.3 Å². The lowest BCUT2D eigenvalue weighted by molar-refractivity contribution is -0.143. The Hall–Kier alpha value is -2.96. The molecule has 0 bridgehead atoms. The van der Waals surface area contributed by atoms with Crippen LogP contribution in [0.4, 0.5) is 11.6 Å². The van der Waals surface area contributed by atoms with E-state index >= 15 is 0 Å². The number of benzene rings is 1. The van der Waals surface area contributed by atoms with Gasteiger partial charge in [-0.3, -0.25) is 9.59 Å². The second-order valence-electron chi connectivity index (χ2n) is 6.24. The zero-order valence-electron chi connectivity index (χ0n) is 15.1. The fourth-order valence-corrected chi connectivity index (χ4v) is 3.08. The number of nitrogens with one attached hydrogen (secondary N) is 1. The lowest BCUT2D eigenvalue weighted by atomic mass is 10.1. The van der Waals surface area contributed by atoms with Gasteiger partial charge >= 0.3 is 11.8 Å². The lowest BCUT2D eigenvalue weighted by Gasteiger charge is -2.34. The van der Waals surface area contributed by atoms with E-state index in [0.717, 1.165) is 23.2 Å². The Morgan fingerprint density at radius 3 is 2.42 bits per heavy atom. The van der Waals surface area contributed by atoms with Gasteiger partial charge in [-0.2, -0.15) is 0 Å². The van der Waals surface area contributed by atoms with Crippen LogP contribution in [0.3, 0.4) is 0 Å². The third-order valence-electron chi connectivity index (χ3n) is 4.57. The van der Waals surface area contributed by atoms with Gasteiger partial charge in [0.1, 0.15) is 0 Å². The first-order chi connectivity index (χ1) is 12.6. The van der Waals surface area contributed by atoms with E-state index in [4.69, 9.17) is 0 Å². The maximum absolute atomic E-state index is 12.5. The number of carbonyl (C=O) groups excluding carboxylic acids is 2. The van der Waals surface area contributed by atoms with Gasteiger partial charge in [-0.25, -0.2) is 9.97 Å². The monoisotopic (exact) mass is 353 g/mol. The van der Waals surface area contributed by atoms with E-state index in [1.165, 1.54) is 0 Å². The second kappa shape index (κ2) is 7.95. The highest BCUT2D eigenvalue weighted by Gasteiger charge is 2.27. The van der Waals surface area contributed by atoms with Gasteiger partial charge in [0.25, 0.3) is 0 Å². The summed E-state index contributed by atoms with van der Waals surface area (Å²) < 4.78 is 0. The van der Waals surface area contributed by atoms with Crippen LogP contribution >= 0.6 is 0 Å². The number of hydrogen-bond acceptors (Lipinski definition) is 5. The molecule has 0 atom stereocenters. The number of piperazine rings is 1. The lowest BCUT2D eigenvalue weighted by Crippen LogP contribution is -2.52. The summed E-state index contributed by atoms with van der Waals surface area (Å²) in [5.74, 6) is -0.432. The Morgan fingerprint density at radius 2 is 1.77 bits per heavy atom. The highest BCUT2D eigenvalue weighted by Crippen LogP contribution is 2.21. The van der Waals surface area contributed by atoms with Crippen molar-refractivity contribution >= 4 is 23.5 Å². The van der Waals surface area contributed by atoms with Crippen molar-refractivity contribution in [1.29, 1.82) is 0 Å². The average Bonchev–Trinajstić information content (AvgIpc) is 2.69. The van der Waals surface area contributed by atoms with Crippen molar-refractivity contribution in [2.75, 3.05) is 36.4 Å². The van der Waals surface area contributed by atoms with Crippen LogP contribution in [0.15, 0.2) is 36.7 Å². The zero-order valence-corrected chi connectivity index (χ0v) is 15.1. The number of rotatable bonds is 3. The van der Waals surface area contributed by atoms with E-state index < -0.39 is 11.8 Å². The molecule has 0 saturated carbocycles. The first-order valence-corrected chi connectivity index (χ1v) is 8.81. The fourth-order valence-electron chi connectivity index (χ4n) is 3.08. The summed E-state index contributed by atoms with van der Waals surface area (Å²) in [4.78, 5) is 37.0. The molecule has 1 fully saturated rings. The van der Waals surface area contributed by atoms with Crippen LogP contribution in [0.25, 0.3) is 0 Å². The van der Waals surface area contributed by atoms with E-state index in [0.29, 0.717) is 32.1 Å². The molecule has 1 aliphatic heterocycles. The van der Waals surface area contributed by atoms with E-state index in [2.05, 4.69) is 15.3 Å². The summed E-state index contributed by atoms with van der Waals surface area (Å²) in [7, 11) is 0. The minimum absolute atomic E-state index is 0.471. The Kier molecular flexibility index (Phi) is 5.46. The predicted molar refractivity (Wildman–Crippen MR) is 100 cm³/mol. The largest absolute Gasteiger partial charge is 0.337 e. The summed E-state index contributed by atoms with van der Waals surface area (Å²) in [6.07, 6.45) is 4.18. The topological polar surface area (TPSA) is 78.4 Å². The molecule has 2 amide bonds. The molecule has 26 heavy (non-hydrogen) atoms. The van der Waals surface area contributed by atoms with Gasteiger partial charge in [0.05, 0.1) is 0 Å². The van der Waals surface area contributed by atoms with Crippen molar-refractivity contribution in [2.45, 2.75) is 20.3 Å². The average molecular weight is 353 g/mol. The zero-order chi connectivity index (χ0) is 18.5. The maximum atomic E-state index is 12.5. The molecule has 0 aliphatic carbocycles. The van der Waals surface area contributed by atoms with Crippen LogP contribution in [0.2, 0.25) is 0 Å². The Labute approximate surface area is 153 Å². The van der Waals surface area contributed by atoms with Crippen LogP contribution in [-0.2, 0) is 16.0 Å². The Morgan fingerprint density at radius 1 is 1.08 bits per heavy atom. The molecule has 0 spiro atoms. The number of para-hydroxylation sites is 1. The maximum Gasteiger partial charge on any atom is 0.313 e. The highest BCUT2D eigenvalue weighted by atomic mass is 16.2. The molecule has 7 heteroatoms. The molecule has 1 saturated heterocycles. The highest BCUT2D eigenvalue weighted by molar-refractivity contribution is 6.39. The number of amides is 2. The van der Waals surface area contributed by atoms with Gasteiger partial charge in [-0.05, 0) is 30.5 Å². The number of aryl methyl sites for hydroxylation is 2. The van der Waals surface area contributed by atoms with Gasteiger partial charge in [0.15, 0.2) is 0 Å². The quantitative estimate of drug-likeness (QED) is 0.849. The van der Waals surface area contributed by atoms with Crippen molar-refractivity contribution in [1.82, 2.24) is 14.9 Å². The first kappa shape index (κ1) is 17.8. The predicted octanol–water partition coefficient (Wildman–Crippen LogP) is 1.63. The number of nitrogens with zero attached hydrogens (tertiary/aromatic N) is 4. The molecule has 1 N–H and O–H groups in total. The smallest absolute Gasteiger partial charge is 0.313 e. The normalized spacial score (nSPS) is 14.2. The van der Waals surface area contributed by atoms with Crippen LogP contribution in [0, 0.1) is 6.92 Å². The molecule has 0 radical (unpaired) electrons. The molecule has 136 valence electrons.